The average Bonchev–Trinajstić information content (AvgIpc) is 3.16. The minimum Gasteiger partial charge on any atom is -0.423 e. The molecule has 1 atom stereocenters. The molecular weight excluding hydrogens is 342 g/mol. The average molecular weight is 354 g/mol. The normalized spacial score (nSPS) is 21.2. The first kappa shape index (κ1) is 15.4. The number of H-pyrrole nitrogens is 1. The van der Waals surface area contributed by atoms with E-state index in [1.807, 2.05) is 0 Å². The van der Waals surface area contributed by atoms with Crippen LogP contribution in [0.5, 0.6) is 0 Å². The van der Waals surface area contributed by atoms with Crippen LogP contribution in [0.15, 0.2) is 27.7 Å². The van der Waals surface area contributed by atoms with Gasteiger partial charge in [-0.1, -0.05) is 0 Å². The van der Waals surface area contributed by atoms with Crippen molar-refractivity contribution in [3.05, 3.63) is 40.2 Å². The van der Waals surface area contributed by atoms with Gasteiger partial charge in [-0.2, -0.15) is 5.10 Å². The quantitative estimate of drug-likeness (QED) is 0.739. The van der Waals surface area contributed by atoms with Gasteiger partial charge in [-0.15, -0.1) is 11.3 Å². The Kier molecular flexibility index (Phi) is 3.18. The van der Waals surface area contributed by atoms with Crippen LogP contribution in [0.2, 0.25) is 0 Å². The van der Waals surface area contributed by atoms with Crippen molar-refractivity contribution < 1.29 is 23.0 Å². The molecule has 0 fully saturated rings. The molecule has 0 spiro atoms. The predicted octanol–water partition coefficient (Wildman–Crippen LogP) is 2.62. The highest BCUT2D eigenvalue weighted by atomic mass is 32.1. The van der Waals surface area contributed by atoms with Gasteiger partial charge >= 0.3 is 5.63 Å². The van der Waals surface area contributed by atoms with Crippen molar-refractivity contribution >= 4 is 21.4 Å². The molecule has 4 heterocycles. The van der Waals surface area contributed by atoms with E-state index in [-0.39, 0.29) is 16.9 Å². The van der Waals surface area contributed by atoms with Crippen LogP contribution >= 0.6 is 11.3 Å². The van der Waals surface area contributed by atoms with Crippen molar-refractivity contribution in [2.24, 2.45) is 0 Å². The van der Waals surface area contributed by atoms with E-state index in [0.29, 0.717) is 12.3 Å². The third-order valence-electron chi connectivity index (χ3n) is 4.15. The molecule has 3 aromatic rings. The summed E-state index contributed by atoms with van der Waals surface area (Å²) in [7, 11) is 0. The second-order valence-corrected chi connectivity index (χ2v) is 6.83. The highest BCUT2D eigenvalue weighted by Gasteiger charge is 2.55. The Hall–Kier alpha value is -2.10. The van der Waals surface area contributed by atoms with Gasteiger partial charge in [0.25, 0.3) is 5.92 Å². The highest BCUT2D eigenvalue weighted by molar-refractivity contribution is 7.22. The van der Waals surface area contributed by atoms with E-state index in [2.05, 4.69) is 10.2 Å². The Morgan fingerprint density at radius 2 is 2.29 bits per heavy atom. The molecule has 6 nitrogen and oxygen atoms in total. The number of thiophene rings is 1. The van der Waals surface area contributed by atoms with Gasteiger partial charge in [0.1, 0.15) is 4.70 Å². The largest absolute Gasteiger partial charge is 0.423 e. The molecule has 0 aliphatic carbocycles. The van der Waals surface area contributed by atoms with Gasteiger partial charge in [0.05, 0.1) is 19.4 Å². The summed E-state index contributed by atoms with van der Waals surface area (Å²) in [6.07, 6.45) is 3.25. The Morgan fingerprint density at radius 1 is 1.50 bits per heavy atom. The first-order valence-corrected chi connectivity index (χ1v) is 7.90. The summed E-state index contributed by atoms with van der Waals surface area (Å²) in [6.45, 7) is -0.0909. The van der Waals surface area contributed by atoms with Crippen LogP contribution in [0, 0.1) is 0 Å². The summed E-state index contributed by atoms with van der Waals surface area (Å²) in [6, 6.07) is 1.70. The Morgan fingerprint density at radius 3 is 2.96 bits per heavy atom. The molecular formula is C15H12F2N2O4S. The minimum absolute atomic E-state index is 0.0183. The van der Waals surface area contributed by atoms with Crippen LogP contribution < -0.4 is 5.63 Å². The number of aromatic amines is 1. The third-order valence-corrected chi connectivity index (χ3v) is 5.32. The Balaban J connectivity index is 2.01. The molecule has 0 radical (unpaired) electrons. The van der Waals surface area contributed by atoms with Crippen molar-refractivity contribution in [2.45, 2.75) is 25.1 Å². The van der Waals surface area contributed by atoms with Crippen LogP contribution in [-0.4, -0.2) is 27.8 Å². The summed E-state index contributed by atoms with van der Waals surface area (Å²) in [5.74, 6) is -3.95. The van der Waals surface area contributed by atoms with E-state index in [0.717, 1.165) is 10.4 Å². The molecule has 4 rings (SSSR count). The van der Waals surface area contributed by atoms with Crippen LogP contribution in [0.25, 0.3) is 20.5 Å². The van der Waals surface area contributed by atoms with Crippen molar-refractivity contribution in [1.82, 2.24) is 10.2 Å². The van der Waals surface area contributed by atoms with Gasteiger partial charge in [-0.05, 0) is 6.07 Å². The van der Waals surface area contributed by atoms with Gasteiger partial charge in [0, 0.05) is 34.5 Å². The van der Waals surface area contributed by atoms with Gasteiger partial charge in [-0.3, -0.25) is 5.10 Å². The maximum absolute atomic E-state index is 13.9. The number of alkyl halides is 2. The molecule has 0 saturated carbocycles. The SMILES string of the molecule is CC(F)(F)C1(O)COCc2c1oc(=O)c1sc(-c3cn[nH]c3)cc21. The van der Waals surface area contributed by atoms with Crippen LogP contribution in [0.4, 0.5) is 8.78 Å². The standard InChI is InChI=1S/C15H12F2N2O4S/c1-14(16,17)15(21)6-22-5-9-8-2-10(7-3-18-19-4-7)24-11(8)13(20)23-12(9)15/h2-4,21H,5-6H2,1H3,(H,18,19). The van der Waals surface area contributed by atoms with Gasteiger partial charge in [0.15, 0.2) is 5.76 Å². The fourth-order valence-corrected chi connectivity index (χ4v) is 3.83. The fourth-order valence-electron chi connectivity index (χ4n) is 2.79. The zero-order valence-corrected chi connectivity index (χ0v) is 13.2. The maximum Gasteiger partial charge on any atom is 0.354 e. The van der Waals surface area contributed by atoms with E-state index in [4.69, 9.17) is 9.15 Å². The molecule has 0 saturated heterocycles. The molecule has 24 heavy (non-hydrogen) atoms. The molecule has 1 aliphatic rings. The van der Waals surface area contributed by atoms with Crippen LogP contribution in [0.3, 0.4) is 0 Å². The molecule has 1 aliphatic heterocycles. The van der Waals surface area contributed by atoms with E-state index in [1.165, 1.54) is 11.3 Å². The lowest BCUT2D eigenvalue weighted by Gasteiger charge is -2.36. The number of nitrogens with zero attached hydrogens (tertiary/aromatic N) is 1. The summed E-state index contributed by atoms with van der Waals surface area (Å²) in [4.78, 5) is 13.0. The number of aliphatic hydroxyl groups is 1. The predicted molar refractivity (Wildman–Crippen MR) is 82.1 cm³/mol. The Bertz CT molecular complexity index is 974. The lowest BCUT2D eigenvalue weighted by molar-refractivity contribution is -0.222. The molecule has 1 unspecified atom stereocenters. The molecule has 3 aromatic heterocycles. The Labute approximate surface area is 137 Å². The first-order valence-electron chi connectivity index (χ1n) is 7.08. The van der Waals surface area contributed by atoms with Crippen molar-refractivity contribution in [3.63, 3.8) is 0 Å². The first-order chi connectivity index (χ1) is 11.3. The number of hydrogen-bond acceptors (Lipinski definition) is 6. The molecule has 2 N–H and O–H groups in total. The number of fused-ring (bicyclic) bond motifs is 3. The number of halogens is 2. The molecule has 0 amide bonds. The van der Waals surface area contributed by atoms with Crippen LogP contribution in [0.1, 0.15) is 18.2 Å². The van der Waals surface area contributed by atoms with Crippen molar-refractivity contribution in [3.8, 4) is 10.4 Å². The number of nitrogens with one attached hydrogen (secondary N) is 1. The lowest BCUT2D eigenvalue weighted by Crippen LogP contribution is -2.50. The summed E-state index contributed by atoms with van der Waals surface area (Å²) in [5.41, 5.74) is -2.40. The number of aromatic nitrogens is 2. The molecule has 0 bridgehead atoms. The van der Waals surface area contributed by atoms with Gasteiger partial charge in [-0.25, -0.2) is 13.6 Å². The maximum atomic E-state index is 13.9. The molecule has 0 aromatic carbocycles. The zero-order valence-electron chi connectivity index (χ0n) is 12.4. The number of rotatable bonds is 2. The molecule has 9 heteroatoms. The van der Waals surface area contributed by atoms with Crippen molar-refractivity contribution in [1.29, 1.82) is 0 Å². The fraction of sp³-hybridized carbons (Fsp3) is 0.333. The summed E-state index contributed by atoms with van der Waals surface area (Å²) >= 11 is 1.17. The number of hydrogen-bond donors (Lipinski definition) is 2. The van der Waals surface area contributed by atoms with Gasteiger partial charge in [0.2, 0.25) is 5.60 Å². The highest BCUT2D eigenvalue weighted by Crippen LogP contribution is 2.44. The monoisotopic (exact) mass is 354 g/mol. The van der Waals surface area contributed by atoms with E-state index >= 15 is 0 Å². The van der Waals surface area contributed by atoms with E-state index < -0.39 is 29.5 Å². The van der Waals surface area contributed by atoms with Gasteiger partial charge < -0.3 is 14.3 Å². The topological polar surface area (TPSA) is 88.3 Å². The van der Waals surface area contributed by atoms with Crippen LogP contribution in [-0.2, 0) is 16.9 Å². The zero-order chi connectivity index (χ0) is 17.1. The summed E-state index contributed by atoms with van der Waals surface area (Å²) in [5, 5.41) is 17.4. The summed E-state index contributed by atoms with van der Waals surface area (Å²) < 4.78 is 38.4. The molecule has 126 valence electrons. The lowest BCUT2D eigenvalue weighted by atomic mass is 9.88. The smallest absolute Gasteiger partial charge is 0.354 e. The third kappa shape index (κ3) is 2.05. The second-order valence-electron chi connectivity index (χ2n) is 5.78. The second kappa shape index (κ2) is 4.95. The van der Waals surface area contributed by atoms with E-state index in [1.54, 1.807) is 18.5 Å². The number of ether oxygens (including phenoxy) is 1. The minimum atomic E-state index is -3.53. The van der Waals surface area contributed by atoms with E-state index in [9.17, 15) is 18.7 Å². The van der Waals surface area contributed by atoms with Crippen molar-refractivity contribution in [2.75, 3.05) is 6.61 Å².